The summed E-state index contributed by atoms with van der Waals surface area (Å²) in [6.07, 6.45) is -5.20. The Labute approximate surface area is 117 Å². The summed E-state index contributed by atoms with van der Waals surface area (Å²) in [4.78, 5) is 17.4. The van der Waals surface area contributed by atoms with E-state index in [9.17, 15) is 23.1 Å². The van der Waals surface area contributed by atoms with Gasteiger partial charge in [-0.25, -0.2) is 9.78 Å². The fourth-order valence-corrected chi connectivity index (χ4v) is 1.84. The standard InChI is InChI=1S/C13H11F3N2O3/c1-7(10(19)21-2)12(20,13(14,15)16)11-17-8-5-3-4-6-9(8)18-11/h3-6,20H,1H2,2H3,(H,17,18). The van der Waals surface area contributed by atoms with Crippen molar-refractivity contribution in [2.24, 2.45) is 0 Å². The van der Waals surface area contributed by atoms with E-state index >= 15 is 0 Å². The van der Waals surface area contributed by atoms with Crippen molar-refractivity contribution in [1.82, 2.24) is 9.97 Å². The van der Waals surface area contributed by atoms with Crippen molar-refractivity contribution in [1.29, 1.82) is 0 Å². The third-order valence-electron chi connectivity index (χ3n) is 3.01. The molecule has 0 saturated carbocycles. The maximum Gasteiger partial charge on any atom is 0.429 e. The summed E-state index contributed by atoms with van der Waals surface area (Å²) in [6, 6.07) is 6.12. The third kappa shape index (κ3) is 2.27. The van der Waals surface area contributed by atoms with Gasteiger partial charge < -0.3 is 14.8 Å². The number of alkyl halides is 3. The molecule has 1 atom stereocenters. The molecule has 0 bridgehead atoms. The normalized spacial score (nSPS) is 14.7. The summed E-state index contributed by atoms with van der Waals surface area (Å²) in [5.74, 6) is -2.22. The number of H-pyrrole nitrogens is 1. The topological polar surface area (TPSA) is 75.2 Å². The van der Waals surface area contributed by atoms with Crippen molar-refractivity contribution < 1.29 is 27.8 Å². The van der Waals surface area contributed by atoms with Crippen molar-refractivity contribution in [2.75, 3.05) is 7.11 Å². The fraction of sp³-hybridized carbons (Fsp3) is 0.231. The van der Waals surface area contributed by atoms with Crippen molar-refractivity contribution in [3.05, 3.63) is 42.2 Å². The van der Waals surface area contributed by atoms with E-state index in [1.54, 1.807) is 12.1 Å². The largest absolute Gasteiger partial charge is 0.466 e. The number of aromatic amines is 1. The van der Waals surface area contributed by atoms with Crippen LogP contribution in [0.25, 0.3) is 11.0 Å². The number of imidazole rings is 1. The number of para-hydroxylation sites is 2. The number of carbonyl (C=O) groups excluding carboxylic acids is 1. The minimum atomic E-state index is -5.20. The van der Waals surface area contributed by atoms with E-state index in [-0.39, 0.29) is 11.0 Å². The zero-order valence-corrected chi connectivity index (χ0v) is 10.9. The smallest absolute Gasteiger partial charge is 0.429 e. The van der Waals surface area contributed by atoms with Gasteiger partial charge in [-0.3, -0.25) is 0 Å². The lowest BCUT2D eigenvalue weighted by Crippen LogP contribution is -2.47. The lowest BCUT2D eigenvalue weighted by atomic mass is 9.93. The molecule has 1 heterocycles. The Hall–Kier alpha value is -2.35. The second-order valence-electron chi connectivity index (χ2n) is 4.28. The number of hydrogen-bond acceptors (Lipinski definition) is 4. The number of aliphatic hydroxyl groups is 1. The predicted molar refractivity (Wildman–Crippen MR) is 67.2 cm³/mol. The Bertz CT molecular complexity index is 675. The molecule has 2 aromatic rings. The van der Waals surface area contributed by atoms with Crippen LogP contribution < -0.4 is 0 Å². The highest BCUT2D eigenvalue weighted by atomic mass is 19.4. The van der Waals surface area contributed by atoms with Gasteiger partial charge in [0.2, 0.25) is 0 Å². The summed E-state index contributed by atoms with van der Waals surface area (Å²) in [6.45, 7) is 3.01. The molecule has 0 aliphatic rings. The van der Waals surface area contributed by atoms with Gasteiger partial charge in [0, 0.05) is 0 Å². The van der Waals surface area contributed by atoms with Gasteiger partial charge in [0.05, 0.1) is 23.7 Å². The molecule has 2 rings (SSSR count). The van der Waals surface area contributed by atoms with E-state index in [0.29, 0.717) is 0 Å². The van der Waals surface area contributed by atoms with Gasteiger partial charge in [-0.2, -0.15) is 13.2 Å². The first kappa shape index (κ1) is 15.0. The first-order valence-corrected chi connectivity index (χ1v) is 5.74. The van der Waals surface area contributed by atoms with Gasteiger partial charge in [-0.15, -0.1) is 0 Å². The summed E-state index contributed by atoms with van der Waals surface area (Å²) < 4.78 is 44.1. The van der Waals surface area contributed by atoms with Crippen LogP contribution in [0.4, 0.5) is 13.2 Å². The second-order valence-corrected chi connectivity index (χ2v) is 4.28. The number of fused-ring (bicyclic) bond motifs is 1. The number of nitrogens with one attached hydrogen (secondary N) is 1. The Morgan fingerprint density at radius 1 is 1.38 bits per heavy atom. The van der Waals surface area contributed by atoms with E-state index in [4.69, 9.17) is 0 Å². The van der Waals surface area contributed by atoms with Crippen LogP contribution in [0.15, 0.2) is 36.4 Å². The number of aromatic nitrogens is 2. The summed E-state index contributed by atoms with van der Waals surface area (Å²) in [5.41, 5.74) is -4.32. The third-order valence-corrected chi connectivity index (χ3v) is 3.01. The number of halogens is 3. The summed E-state index contributed by atoms with van der Waals surface area (Å²) in [7, 11) is 0.892. The molecule has 2 N–H and O–H groups in total. The van der Waals surface area contributed by atoms with Crippen LogP contribution in [-0.4, -0.2) is 34.3 Å². The van der Waals surface area contributed by atoms with E-state index in [1.807, 2.05) is 0 Å². The van der Waals surface area contributed by atoms with E-state index in [2.05, 4.69) is 21.3 Å². The number of nitrogens with zero attached hydrogens (tertiary/aromatic N) is 1. The molecule has 0 fully saturated rings. The molecule has 0 amide bonds. The summed E-state index contributed by atoms with van der Waals surface area (Å²) in [5, 5.41) is 10.1. The molecule has 8 heteroatoms. The van der Waals surface area contributed by atoms with Gasteiger partial charge in [0.1, 0.15) is 0 Å². The van der Waals surface area contributed by atoms with Crippen molar-refractivity contribution in [2.45, 2.75) is 11.8 Å². The highest BCUT2D eigenvalue weighted by molar-refractivity contribution is 5.90. The van der Waals surface area contributed by atoms with E-state index in [0.717, 1.165) is 7.11 Å². The molecular weight excluding hydrogens is 289 g/mol. The van der Waals surface area contributed by atoms with Crippen LogP contribution in [0.2, 0.25) is 0 Å². The lowest BCUT2D eigenvalue weighted by Gasteiger charge is -2.28. The molecule has 5 nitrogen and oxygen atoms in total. The first-order chi connectivity index (χ1) is 9.71. The van der Waals surface area contributed by atoms with Gasteiger partial charge >= 0.3 is 12.1 Å². The average molecular weight is 300 g/mol. The van der Waals surface area contributed by atoms with Gasteiger partial charge in [0.15, 0.2) is 5.82 Å². The quantitative estimate of drug-likeness (QED) is 0.672. The van der Waals surface area contributed by atoms with Gasteiger partial charge in [-0.1, -0.05) is 18.7 Å². The van der Waals surface area contributed by atoms with Gasteiger partial charge in [0.25, 0.3) is 5.60 Å². The molecule has 21 heavy (non-hydrogen) atoms. The number of esters is 1. The SMILES string of the molecule is C=C(C(=O)OC)C(O)(c1nc2ccccc2[nH]1)C(F)(F)F. The minimum absolute atomic E-state index is 0.216. The van der Waals surface area contributed by atoms with E-state index in [1.165, 1.54) is 12.1 Å². The molecule has 112 valence electrons. The average Bonchev–Trinajstić information content (AvgIpc) is 2.87. The Morgan fingerprint density at radius 3 is 2.52 bits per heavy atom. The molecule has 0 saturated heterocycles. The fourth-order valence-electron chi connectivity index (χ4n) is 1.84. The van der Waals surface area contributed by atoms with Crippen LogP contribution >= 0.6 is 0 Å². The minimum Gasteiger partial charge on any atom is -0.466 e. The molecule has 1 aromatic carbocycles. The first-order valence-electron chi connectivity index (χ1n) is 5.74. The maximum atomic E-state index is 13.3. The number of methoxy groups -OCH3 is 1. The number of ether oxygens (including phenoxy) is 1. The number of rotatable bonds is 3. The zero-order valence-electron chi connectivity index (χ0n) is 10.9. The molecular formula is C13H11F3N2O3. The zero-order chi connectivity index (χ0) is 15.8. The number of carbonyl (C=O) groups is 1. The Kier molecular flexibility index (Phi) is 3.50. The number of benzene rings is 1. The molecule has 0 aliphatic heterocycles. The van der Waals surface area contributed by atoms with Crippen LogP contribution in [0.3, 0.4) is 0 Å². The van der Waals surface area contributed by atoms with Crippen LogP contribution in [-0.2, 0) is 15.1 Å². The lowest BCUT2D eigenvalue weighted by molar-refractivity contribution is -0.253. The molecule has 0 aliphatic carbocycles. The van der Waals surface area contributed by atoms with E-state index < -0.39 is 29.1 Å². The van der Waals surface area contributed by atoms with Crippen LogP contribution in [0.1, 0.15) is 5.82 Å². The van der Waals surface area contributed by atoms with Crippen molar-refractivity contribution in [3.63, 3.8) is 0 Å². The number of hydrogen-bond donors (Lipinski definition) is 2. The van der Waals surface area contributed by atoms with Crippen LogP contribution in [0.5, 0.6) is 0 Å². The Morgan fingerprint density at radius 2 is 2.00 bits per heavy atom. The molecule has 0 spiro atoms. The molecule has 0 radical (unpaired) electrons. The van der Waals surface area contributed by atoms with Gasteiger partial charge in [-0.05, 0) is 12.1 Å². The highest BCUT2D eigenvalue weighted by Crippen LogP contribution is 2.43. The monoisotopic (exact) mass is 300 g/mol. The van der Waals surface area contributed by atoms with Crippen molar-refractivity contribution in [3.8, 4) is 0 Å². The molecule has 1 aromatic heterocycles. The van der Waals surface area contributed by atoms with Crippen LogP contribution in [0, 0.1) is 0 Å². The molecule has 1 unspecified atom stereocenters. The second kappa shape index (κ2) is 4.88. The Balaban J connectivity index is 2.65. The van der Waals surface area contributed by atoms with Crippen molar-refractivity contribution >= 4 is 17.0 Å². The predicted octanol–water partition coefficient (Wildman–Crippen LogP) is 2.04. The maximum absolute atomic E-state index is 13.3. The summed E-state index contributed by atoms with van der Waals surface area (Å²) >= 11 is 0. The highest BCUT2D eigenvalue weighted by Gasteiger charge is 2.61.